The maximum Gasteiger partial charge on any atom is 0.154 e. The van der Waals surface area contributed by atoms with E-state index < -0.39 is 6.29 Å². The summed E-state index contributed by atoms with van der Waals surface area (Å²) in [5.74, 6) is 1.21. The Labute approximate surface area is 55.8 Å². The maximum absolute atomic E-state index is 8.98. The average Bonchev–Trinajstić information content (AvgIpc) is 1.80. The van der Waals surface area contributed by atoms with Crippen LogP contribution in [0.2, 0.25) is 0 Å². The zero-order valence-corrected chi connectivity index (χ0v) is 6.00. The molecule has 3 atom stereocenters. The molecule has 9 heavy (non-hydrogen) atoms. The minimum absolute atomic E-state index is 0.504. The molecule has 1 aliphatic rings. The van der Waals surface area contributed by atoms with Crippen LogP contribution in [0.4, 0.5) is 0 Å². The predicted octanol–water partition coefficient (Wildman–Crippen LogP) is 0.997. The molecule has 1 heterocycles. The summed E-state index contributed by atoms with van der Waals surface area (Å²) in [7, 11) is 0. The van der Waals surface area contributed by atoms with E-state index in [0.29, 0.717) is 18.4 Å². The molecule has 0 aromatic heterocycles. The maximum atomic E-state index is 8.98. The van der Waals surface area contributed by atoms with Gasteiger partial charge < -0.3 is 9.84 Å². The van der Waals surface area contributed by atoms with Gasteiger partial charge in [-0.15, -0.1) is 0 Å². The summed E-state index contributed by atoms with van der Waals surface area (Å²) in [5, 5.41) is 8.98. The molecule has 0 radical (unpaired) electrons. The van der Waals surface area contributed by atoms with Gasteiger partial charge in [0.2, 0.25) is 0 Å². The Morgan fingerprint density at radius 2 is 2.00 bits per heavy atom. The van der Waals surface area contributed by atoms with Crippen molar-refractivity contribution in [3.05, 3.63) is 0 Å². The van der Waals surface area contributed by atoms with Crippen LogP contribution in [0, 0.1) is 11.8 Å². The predicted molar refractivity (Wildman–Crippen MR) is 34.9 cm³/mol. The van der Waals surface area contributed by atoms with E-state index in [1.54, 1.807) is 0 Å². The van der Waals surface area contributed by atoms with Gasteiger partial charge in [-0.05, 0) is 11.8 Å². The van der Waals surface area contributed by atoms with Gasteiger partial charge in [-0.2, -0.15) is 0 Å². The Balaban J connectivity index is 2.35. The summed E-state index contributed by atoms with van der Waals surface area (Å²) in [6.07, 6.45) is 0.289. The molecule has 0 bridgehead atoms. The first kappa shape index (κ1) is 7.03. The molecule has 54 valence electrons. The van der Waals surface area contributed by atoms with Crippen LogP contribution < -0.4 is 0 Å². The van der Waals surface area contributed by atoms with E-state index in [9.17, 15) is 0 Å². The van der Waals surface area contributed by atoms with Gasteiger partial charge >= 0.3 is 0 Å². The van der Waals surface area contributed by atoms with Crippen molar-refractivity contribution in [2.24, 2.45) is 11.8 Å². The third-order valence-corrected chi connectivity index (χ3v) is 2.10. The summed E-state index contributed by atoms with van der Waals surface area (Å²) in [6, 6.07) is 0. The number of aliphatic hydroxyl groups excluding tert-OH is 1. The summed E-state index contributed by atoms with van der Waals surface area (Å²) < 4.78 is 5.02. The van der Waals surface area contributed by atoms with Gasteiger partial charge in [0, 0.05) is 6.42 Å². The molecule has 1 aliphatic heterocycles. The van der Waals surface area contributed by atoms with E-state index in [0.717, 1.165) is 6.42 Å². The van der Waals surface area contributed by atoms with Gasteiger partial charge in [0.15, 0.2) is 6.29 Å². The molecule has 0 unspecified atom stereocenters. The smallest absolute Gasteiger partial charge is 0.154 e. The second-order valence-electron chi connectivity index (χ2n) is 2.98. The van der Waals surface area contributed by atoms with Crippen molar-refractivity contribution < 1.29 is 9.84 Å². The molecular weight excluding hydrogens is 116 g/mol. The van der Waals surface area contributed by atoms with Gasteiger partial charge in [0.1, 0.15) is 0 Å². The topological polar surface area (TPSA) is 29.5 Å². The normalized spacial score (nSPS) is 45.0. The zero-order chi connectivity index (χ0) is 6.85. The molecule has 0 aromatic rings. The van der Waals surface area contributed by atoms with Crippen LogP contribution in [0.3, 0.4) is 0 Å². The van der Waals surface area contributed by atoms with Crippen molar-refractivity contribution >= 4 is 0 Å². The first-order valence-electron chi connectivity index (χ1n) is 3.50. The zero-order valence-electron chi connectivity index (χ0n) is 6.00. The second-order valence-corrected chi connectivity index (χ2v) is 2.98. The van der Waals surface area contributed by atoms with Gasteiger partial charge in [-0.25, -0.2) is 0 Å². The second kappa shape index (κ2) is 2.67. The largest absolute Gasteiger partial charge is 0.368 e. The fourth-order valence-electron chi connectivity index (χ4n) is 1.05. The van der Waals surface area contributed by atoms with Gasteiger partial charge in [0.25, 0.3) is 0 Å². The van der Waals surface area contributed by atoms with Crippen LogP contribution in [0.5, 0.6) is 0 Å². The number of hydrogen-bond acceptors (Lipinski definition) is 2. The number of rotatable bonds is 0. The van der Waals surface area contributed by atoms with Crippen LogP contribution in [0.1, 0.15) is 20.3 Å². The third kappa shape index (κ3) is 1.66. The van der Waals surface area contributed by atoms with Crippen molar-refractivity contribution in [1.29, 1.82) is 0 Å². The standard InChI is InChI=1S/C7H14O2/c1-5-3-7(8)9-4-6(5)2/h5-8H,3-4H2,1-2H3/t5-,6-,7+/m0/s1. The molecule has 0 amide bonds. The van der Waals surface area contributed by atoms with E-state index in [1.165, 1.54) is 0 Å². The van der Waals surface area contributed by atoms with Crippen LogP contribution in [0.25, 0.3) is 0 Å². The summed E-state index contributed by atoms with van der Waals surface area (Å²) in [5.41, 5.74) is 0. The van der Waals surface area contributed by atoms with Gasteiger partial charge in [-0.1, -0.05) is 13.8 Å². The average molecular weight is 130 g/mol. The lowest BCUT2D eigenvalue weighted by Crippen LogP contribution is -2.30. The lowest BCUT2D eigenvalue weighted by Gasteiger charge is -2.29. The van der Waals surface area contributed by atoms with Crippen LogP contribution >= 0.6 is 0 Å². The minimum atomic E-state index is -0.504. The molecule has 2 heteroatoms. The van der Waals surface area contributed by atoms with Gasteiger partial charge in [0.05, 0.1) is 6.61 Å². The van der Waals surface area contributed by atoms with E-state index in [4.69, 9.17) is 9.84 Å². The number of aliphatic hydroxyl groups is 1. The molecule has 0 spiro atoms. The van der Waals surface area contributed by atoms with Crippen molar-refractivity contribution in [1.82, 2.24) is 0 Å². The van der Waals surface area contributed by atoms with Crippen molar-refractivity contribution in [3.8, 4) is 0 Å². The highest BCUT2D eigenvalue weighted by Gasteiger charge is 2.22. The first-order chi connectivity index (χ1) is 4.20. The molecule has 2 nitrogen and oxygen atoms in total. The third-order valence-electron chi connectivity index (χ3n) is 2.10. The van der Waals surface area contributed by atoms with Crippen molar-refractivity contribution in [3.63, 3.8) is 0 Å². The Morgan fingerprint density at radius 3 is 2.44 bits per heavy atom. The molecule has 0 aromatic carbocycles. The minimum Gasteiger partial charge on any atom is -0.368 e. The van der Waals surface area contributed by atoms with Gasteiger partial charge in [-0.3, -0.25) is 0 Å². The van der Waals surface area contributed by atoms with E-state index in [-0.39, 0.29) is 0 Å². The molecule has 1 rings (SSSR count). The first-order valence-corrected chi connectivity index (χ1v) is 3.50. The Bertz CT molecular complexity index is 92.9. The van der Waals surface area contributed by atoms with E-state index in [1.807, 2.05) is 0 Å². The van der Waals surface area contributed by atoms with Crippen LogP contribution in [-0.4, -0.2) is 18.0 Å². The van der Waals surface area contributed by atoms with Crippen LogP contribution in [0.15, 0.2) is 0 Å². The fraction of sp³-hybridized carbons (Fsp3) is 1.00. The quantitative estimate of drug-likeness (QED) is 0.530. The monoisotopic (exact) mass is 130 g/mol. The highest BCUT2D eigenvalue weighted by molar-refractivity contribution is 4.67. The van der Waals surface area contributed by atoms with E-state index in [2.05, 4.69) is 13.8 Å². The molecular formula is C7H14O2. The summed E-state index contributed by atoms with van der Waals surface area (Å²) in [6.45, 7) is 5.01. The molecule has 0 aliphatic carbocycles. The van der Waals surface area contributed by atoms with E-state index >= 15 is 0 Å². The molecule has 0 saturated carbocycles. The Morgan fingerprint density at radius 1 is 1.33 bits per heavy atom. The van der Waals surface area contributed by atoms with Crippen molar-refractivity contribution in [2.45, 2.75) is 26.6 Å². The lowest BCUT2D eigenvalue weighted by atomic mass is 9.91. The fourth-order valence-corrected chi connectivity index (χ4v) is 1.05. The number of ether oxygens (including phenoxy) is 1. The van der Waals surface area contributed by atoms with Crippen molar-refractivity contribution in [2.75, 3.05) is 6.61 Å². The summed E-state index contributed by atoms with van der Waals surface area (Å²) in [4.78, 5) is 0. The highest BCUT2D eigenvalue weighted by atomic mass is 16.6. The van der Waals surface area contributed by atoms with Crippen LogP contribution in [-0.2, 0) is 4.74 Å². The Hall–Kier alpha value is -0.0800. The number of hydrogen-bond donors (Lipinski definition) is 1. The molecule has 1 saturated heterocycles. The molecule has 1 N–H and O–H groups in total. The lowest BCUT2D eigenvalue weighted by molar-refractivity contribution is -0.153. The SMILES string of the molecule is C[C@H]1CO[C@@H](O)C[C@@H]1C. The highest BCUT2D eigenvalue weighted by Crippen LogP contribution is 2.23. The summed E-state index contributed by atoms with van der Waals surface area (Å²) >= 11 is 0. The molecule has 1 fully saturated rings. The Kier molecular flexibility index (Phi) is 2.09.